The fourth-order valence-electron chi connectivity index (χ4n) is 3.79. The molecule has 3 aromatic heterocycles. The molecule has 3 aromatic rings. The smallest absolute Gasteiger partial charge is 0.231 e. The zero-order valence-electron chi connectivity index (χ0n) is 16.5. The van der Waals surface area contributed by atoms with E-state index in [-0.39, 0.29) is 11.8 Å². The number of hydrogen-bond acceptors (Lipinski definition) is 5. The highest BCUT2D eigenvalue weighted by Gasteiger charge is 2.27. The Bertz CT molecular complexity index is 953. The van der Waals surface area contributed by atoms with Gasteiger partial charge in [0.15, 0.2) is 5.65 Å². The predicted octanol–water partition coefficient (Wildman–Crippen LogP) is 2.18. The maximum absolute atomic E-state index is 12.6. The van der Waals surface area contributed by atoms with Crippen LogP contribution in [0.5, 0.6) is 0 Å². The Kier molecular flexibility index (Phi) is 5.27. The summed E-state index contributed by atoms with van der Waals surface area (Å²) >= 11 is 0. The molecule has 4 heterocycles. The molecule has 0 spiro atoms. The second-order valence-corrected chi connectivity index (χ2v) is 7.41. The van der Waals surface area contributed by atoms with Crippen LogP contribution in [0.25, 0.3) is 5.65 Å². The maximum atomic E-state index is 12.6. The van der Waals surface area contributed by atoms with E-state index in [1.165, 1.54) is 0 Å². The van der Waals surface area contributed by atoms with E-state index in [9.17, 15) is 4.79 Å². The zero-order valence-corrected chi connectivity index (χ0v) is 16.5. The molecule has 1 aliphatic heterocycles. The second kappa shape index (κ2) is 8.00. The van der Waals surface area contributed by atoms with Crippen molar-refractivity contribution >= 4 is 17.5 Å². The number of aryl methyl sites for hydroxylation is 2. The molecule has 0 radical (unpaired) electrons. The van der Waals surface area contributed by atoms with Crippen LogP contribution in [0.15, 0.2) is 30.6 Å². The van der Waals surface area contributed by atoms with Gasteiger partial charge in [-0.05, 0) is 38.3 Å². The van der Waals surface area contributed by atoms with Crippen LogP contribution in [0.3, 0.4) is 0 Å². The first-order valence-electron chi connectivity index (χ1n) is 10.0. The monoisotopic (exact) mass is 381 g/mol. The average molecular weight is 381 g/mol. The Morgan fingerprint density at radius 3 is 2.86 bits per heavy atom. The van der Waals surface area contributed by atoms with E-state index in [2.05, 4.69) is 32.4 Å². The number of hydrogen-bond donors (Lipinski definition) is 1. The summed E-state index contributed by atoms with van der Waals surface area (Å²) in [7, 11) is 0. The summed E-state index contributed by atoms with van der Waals surface area (Å²) in [6.07, 6.45) is 6.71. The molecule has 28 heavy (non-hydrogen) atoms. The van der Waals surface area contributed by atoms with E-state index >= 15 is 0 Å². The lowest BCUT2D eigenvalue weighted by Crippen LogP contribution is -2.41. The van der Waals surface area contributed by atoms with Crippen molar-refractivity contribution in [3.63, 3.8) is 0 Å². The Hall–Kier alpha value is -2.90. The van der Waals surface area contributed by atoms with Gasteiger partial charge in [-0.2, -0.15) is 5.10 Å². The van der Waals surface area contributed by atoms with Crippen LogP contribution < -0.4 is 10.2 Å². The summed E-state index contributed by atoms with van der Waals surface area (Å²) < 4.78 is 3.95. The van der Waals surface area contributed by atoms with Crippen LogP contribution in [0.2, 0.25) is 0 Å². The minimum Gasteiger partial charge on any atom is -0.352 e. The molecule has 1 saturated heterocycles. The van der Waals surface area contributed by atoms with Crippen molar-refractivity contribution < 1.29 is 4.79 Å². The van der Waals surface area contributed by atoms with E-state index in [1.54, 1.807) is 0 Å². The van der Waals surface area contributed by atoms with Gasteiger partial charge in [-0.3, -0.25) is 13.9 Å². The van der Waals surface area contributed by atoms with Crippen LogP contribution in [0, 0.1) is 12.8 Å². The summed E-state index contributed by atoms with van der Waals surface area (Å²) in [6, 6.07) is 5.88. The van der Waals surface area contributed by atoms with Crippen molar-refractivity contribution in [3.8, 4) is 0 Å². The molecule has 1 aliphatic rings. The molecule has 0 aliphatic carbocycles. The van der Waals surface area contributed by atoms with Crippen LogP contribution in [0.1, 0.15) is 37.4 Å². The van der Waals surface area contributed by atoms with Gasteiger partial charge < -0.3 is 10.2 Å². The lowest BCUT2D eigenvalue weighted by molar-refractivity contribution is -0.125. The van der Waals surface area contributed by atoms with Gasteiger partial charge in [0, 0.05) is 50.1 Å². The number of pyridine rings is 1. The quantitative estimate of drug-likeness (QED) is 0.708. The van der Waals surface area contributed by atoms with Gasteiger partial charge in [0.1, 0.15) is 0 Å². The third-order valence-corrected chi connectivity index (χ3v) is 5.40. The predicted molar refractivity (Wildman–Crippen MR) is 107 cm³/mol. The number of aromatic nitrogens is 5. The normalized spacial score (nSPS) is 15.3. The minimum atomic E-state index is 0.0430. The topological polar surface area (TPSA) is 80.4 Å². The van der Waals surface area contributed by atoms with Crippen LogP contribution in [0.4, 0.5) is 5.95 Å². The lowest BCUT2D eigenvalue weighted by atomic mass is 9.96. The molecule has 8 heteroatoms. The summed E-state index contributed by atoms with van der Waals surface area (Å²) in [4.78, 5) is 14.8. The number of rotatable bonds is 6. The first-order valence-corrected chi connectivity index (χ1v) is 10.0. The number of piperidine rings is 1. The molecule has 1 amide bonds. The molecule has 1 fully saturated rings. The zero-order chi connectivity index (χ0) is 19.5. The van der Waals surface area contributed by atoms with Crippen LogP contribution >= 0.6 is 0 Å². The fraction of sp³-hybridized carbons (Fsp3) is 0.500. The van der Waals surface area contributed by atoms with Crippen LogP contribution in [-0.2, 0) is 17.9 Å². The number of nitrogens with one attached hydrogen (secondary N) is 1. The van der Waals surface area contributed by atoms with E-state index in [4.69, 9.17) is 0 Å². The molecule has 0 saturated carbocycles. The lowest BCUT2D eigenvalue weighted by Gasteiger charge is -2.31. The molecule has 0 atom stereocenters. The van der Waals surface area contributed by atoms with E-state index in [0.717, 1.165) is 61.7 Å². The Morgan fingerprint density at radius 1 is 1.25 bits per heavy atom. The fourth-order valence-corrected chi connectivity index (χ4v) is 3.79. The van der Waals surface area contributed by atoms with Gasteiger partial charge in [0.25, 0.3) is 0 Å². The minimum absolute atomic E-state index is 0.0430. The molecule has 8 nitrogen and oxygen atoms in total. The van der Waals surface area contributed by atoms with Gasteiger partial charge >= 0.3 is 0 Å². The molecule has 1 N–H and O–H groups in total. The van der Waals surface area contributed by atoms with Gasteiger partial charge in [0.05, 0.1) is 5.69 Å². The molecule has 148 valence electrons. The number of carbonyl (C=O) groups is 1. The maximum Gasteiger partial charge on any atom is 0.231 e. The highest BCUT2D eigenvalue weighted by Crippen LogP contribution is 2.22. The second-order valence-electron chi connectivity index (χ2n) is 7.41. The van der Waals surface area contributed by atoms with Crippen molar-refractivity contribution in [2.75, 3.05) is 18.0 Å². The van der Waals surface area contributed by atoms with Crippen LogP contribution in [-0.4, -0.2) is 43.4 Å². The summed E-state index contributed by atoms with van der Waals surface area (Å²) in [6.45, 7) is 7.19. The number of amides is 1. The molecular weight excluding hydrogens is 354 g/mol. The van der Waals surface area contributed by atoms with Gasteiger partial charge in [0.2, 0.25) is 11.9 Å². The van der Waals surface area contributed by atoms with Crippen molar-refractivity contribution in [2.24, 2.45) is 5.92 Å². The molecule has 4 rings (SSSR count). The van der Waals surface area contributed by atoms with E-state index in [1.807, 2.05) is 46.6 Å². The Morgan fingerprint density at radius 2 is 2.07 bits per heavy atom. The highest BCUT2D eigenvalue weighted by atomic mass is 16.1. The first-order chi connectivity index (χ1) is 13.7. The average Bonchev–Trinajstić information content (AvgIpc) is 3.30. The van der Waals surface area contributed by atoms with Crippen molar-refractivity contribution in [1.82, 2.24) is 29.7 Å². The largest absolute Gasteiger partial charge is 0.352 e. The third-order valence-electron chi connectivity index (χ3n) is 5.40. The number of fused-ring (bicyclic) bond motifs is 1. The molecule has 0 unspecified atom stereocenters. The molecule has 0 bridgehead atoms. The number of anilines is 1. The molecular formula is C20H27N7O. The van der Waals surface area contributed by atoms with E-state index < -0.39 is 0 Å². The Balaban J connectivity index is 1.31. The highest BCUT2D eigenvalue weighted by molar-refractivity contribution is 5.79. The van der Waals surface area contributed by atoms with Crippen molar-refractivity contribution in [2.45, 2.75) is 46.2 Å². The standard InChI is InChI=1S/C20H27N7O/c1-3-9-26-14-17(15(2)24-26)13-21-19(28)16-7-11-25(12-8-16)20-23-22-18-6-4-5-10-27(18)20/h4-6,10,14,16H,3,7-9,11-13H2,1-2H3,(H,21,28). The van der Waals surface area contributed by atoms with Gasteiger partial charge in [-0.15, -0.1) is 10.2 Å². The third kappa shape index (κ3) is 3.72. The first kappa shape index (κ1) is 18.5. The number of nitrogens with zero attached hydrogens (tertiary/aromatic N) is 6. The SMILES string of the molecule is CCCn1cc(CNC(=O)C2CCN(c3nnc4ccccn34)CC2)c(C)n1. The molecule has 0 aromatic carbocycles. The van der Waals surface area contributed by atoms with Crippen molar-refractivity contribution in [1.29, 1.82) is 0 Å². The van der Waals surface area contributed by atoms with E-state index in [0.29, 0.717) is 6.54 Å². The Labute approximate surface area is 164 Å². The summed E-state index contributed by atoms with van der Waals surface area (Å²) in [5.74, 6) is 1.03. The van der Waals surface area contributed by atoms with Gasteiger partial charge in [-0.1, -0.05) is 13.0 Å². The summed E-state index contributed by atoms with van der Waals surface area (Å²) in [5, 5.41) is 16.1. The summed E-state index contributed by atoms with van der Waals surface area (Å²) in [5.41, 5.74) is 2.92. The van der Waals surface area contributed by atoms with Crippen molar-refractivity contribution in [3.05, 3.63) is 41.9 Å². The number of carbonyl (C=O) groups excluding carboxylic acids is 1. The van der Waals surface area contributed by atoms with Gasteiger partial charge in [-0.25, -0.2) is 0 Å².